The van der Waals surface area contributed by atoms with Crippen LogP contribution < -0.4 is 15.5 Å². The third kappa shape index (κ3) is 6.34. The molecular weight excluding hydrogens is 563 g/mol. The van der Waals surface area contributed by atoms with Crippen molar-refractivity contribution >= 4 is 44.0 Å². The molecule has 4 rings (SSSR count). The van der Waals surface area contributed by atoms with Crippen molar-refractivity contribution in [1.82, 2.24) is 15.3 Å². The summed E-state index contributed by atoms with van der Waals surface area (Å²) in [6.45, 7) is 10.5. The molecule has 0 aromatic carbocycles. The molecule has 0 radical (unpaired) electrons. The first-order valence-electron chi connectivity index (χ1n) is 12.4. The summed E-state index contributed by atoms with van der Waals surface area (Å²) in [6.07, 6.45) is 5.97. The SMILES string of the molecule is C[C@@H]1OCC2(CCN(c3cnc(C(=N)I)c(NC4CCCCO4)n3)CC2)[C@@H]1NC(=O)OC(C)(C)C. The van der Waals surface area contributed by atoms with Crippen LogP contribution in [0.4, 0.5) is 16.4 Å². The van der Waals surface area contributed by atoms with E-state index in [1.54, 1.807) is 6.20 Å². The molecule has 0 bridgehead atoms. The van der Waals surface area contributed by atoms with Crippen LogP contribution in [0.5, 0.6) is 0 Å². The molecule has 1 aromatic rings. The van der Waals surface area contributed by atoms with Crippen LogP contribution in [0.2, 0.25) is 0 Å². The Hall–Kier alpha value is -1.73. The minimum Gasteiger partial charge on any atom is -0.444 e. The van der Waals surface area contributed by atoms with Crippen molar-refractivity contribution in [2.45, 2.75) is 83.8 Å². The number of halogens is 1. The largest absolute Gasteiger partial charge is 0.444 e. The van der Waals surface area contributed by atoms with Crippen molar-refractivity contribution in [2.75, 3.05) is 36.5 Å². The average Bonchev–Trinajstić information content (AvgIpc) is 3.08. The molecule has 1 amide bonds. The molecule has 35 heavy (non-hydrogen) atoms. The lowest BCUT2D eigenvalue weighted by molar-refractivity contribution is 0.0340. The van der Waals surface area contributed by atoms with Crippen LogP contribution >= 0.6 is 22.6 Å². The fourth-order valence-electron chi connectivity index (χ4n) is 5.12. The Balaban J connectivity index is 1.45. The van der Waals surface area contributed by atoms with E-state index >= 15 is 0 Å². The molecule has 3 N–H and O–H groups in total. The Morgan fingerprint density at radius 2 is 2.03 bits per heavy atom. The number of anilines is 2. The second-order valence-corrected chi connectivity index (χ2v) is 11.8. The zero-order chi connectivity index (χ0) is 25.2. The number of amides is 1. The molecule has 3 aliphatic heterocycles. The highest BCUT2D eigenvalue weighted by Crippen LogP contribution is 2.43. The van der Waals surface area contributed by atoms with Gasteiger partial charge in [0.25, 0.3) is 0 Å². The van der Waals surface area contributed by atoms with Crippen LogP contribution in [-0.4, -0.2) is 70.1 Å². The summed E-state index contributed by atoms with van der Waals surface area (Å²) < 4.78 is 17.7. The number of alkyl carbamates (subject to hydrolysis) is 1. The second kappa shape index (κ2) is 10.7. The van der Waals surface area contributed by atoms with E-state index in [1.165, 1.54) is 0 Å². The maximum atomic E-state index is 12.5. The Morgan fingerprint density at radius 3 is 2.66 bits per heavy atom. The van der Waals surface area contributed by atoms with Gasteiger partial charge in [0.05, 0.1) is 24.9 Å². The molecule has 0 aliphatic carbocycles. The summed E-state index contributed by atoms with van der Waals surface area (Å²) in [6, 6.07) is -0.104. The van der Waals surface area contributed by atoms with Crippen molar-refractivity contribution in [3.05, 3.63) is 11.9 Å². The van der Waals surface area contributed by atoms with Crippen LogP contribution in [0.3, 0.4) is 0 Å². The number of hydrogen-bond acceptors (Lipinski definition) is 9. The van der Waals surface area contributed by atoms with Gasteiger partial charge >= 0.3 is 6.09 Å². The van der Waals surface area contributed by atoms with Crippen molar-refractivity contribution in [1.29, 1.82) is 5.41 Å². The van der Waals surface area contributed by atoms with E-state index in [0.29, 0.717) is 21.8 Å². The van der Waals surface area contributed by atoms with E-state index in [-0.39, 0.29) is 23.8 Å². The minimum absolute atomic E-state index is 0.0749. The highest BCUT2D eigenvalue weighted by atomic mass is 127. The van der Waals surface area contributed by atoms with E-state index < -0.39 is 11.7 Å². The summed E-state index contributed by atoms with van der Waals surface area (Å²) in [4.78, 5) is 24.1. The summed E-state index contributed by atoms with van der Waals surface area (Å²) in [5, 5.41) is 14.6. The van der Waals surface area contributed by atoms with E-state index in [1.807, 2.05) is 50.3 Å². The maximum absolute atomic E-state index is 12.5. The Bertz CT molecular complexity index is 925. The molecule has 4 heterocycles. The number of hydrogen-bond donors (Lipinski definition) is 3. The Kier molecular flexibility index (Phi) is 8.06. The van der Waals surface area contributed by atoms with Gasteiger partial charge in [-0.25, -0.2) is 14.8 Å². The van der Waals surface area contributed by atoms with Gasteiger partial charge in [-0.05, 0) is 82.4 Å². The quantitative estimate of drug-likeness (QED) is 0.342. The zero-order valence-corrected chi connectivity index (χ0v) is 23.2. The second-order valence-electron chi connectivity index (χ2n) is 10.7. The smallest absolute Gasteiger partial charge is 0.407 e. The van der Waals surface area contributed by atoms with Crippen molar-refractivity contribution in [2.24, 2.45) is 5.41 Å². The number of aromatic nitrogens is 2. The Morgan fingerprint density at radius 1 is 1.29 bits per heavy atom. The number of rotatable bonds is 5. The monoisotopic (exact) mass is 600 g/mol. The molecule has 1 unspecified atom stereocenters. The number of ether oxygens (including phenoxy) is 3. The van der Waals surface area contributed by atoms with E-state index in [2.05, 4.69) is 20.5 Å². The van der Waals surface area contributed by atoms with E-state index in [9.17, 15) is 4.79 Å². The lowest BCUT2D eigenvalue weighted by Crippen LogP contribution is -2.55. The highest BCUT2D eigenvalue weighted by molar-refractivity contribution is 14.1. The van der Waals surface area contributed by atoms with Crippen molar-refractivity contribution in [3.8, 4) is 0 Å². The molecule has 11 heteroatoms. The number of nitrogens with one attached hydrogen (secondary N) is 3. The van der Waals surface area contributed by atoms with Crippen molar-refractivity contribution in [3.63, 3.8) is 0 Å². The van der Waals surface area contributed by atoms with Gasteiger partial charge in [0.15, 0.2) is 5.82 Å². The predicted molar refractivity (Wildman–Crippen MR) is 143 cm³/mol. The predicted octanol–water partition coefficient (Wildman–Crippen LogP) is 4.07. The maximum Gasteiger partial charge on any atom is 0.407 e. The first-order chi connectivity index (χ1) is 16.6. The minimum atomic E-state index is -0.545. The van der Waals surface area contributed by atoms with Crippen LogP contribution in [0, 0.1) is 10.8 Å². The molecule has 1 spiro atoms. The molecule has 3 aliphatic rings. The average molecular weight is 601 g/mol. The van der Waals surface area contributed by atoms with Crippen LogP contribution in [0.1, 0.15) is 65.5 Å². The van der Waals surface area contributed by atoms with E-state index in [4.69, 9.17) is 24.6 Å². The number of nitrogens with zero attached hydrogens (tertiary/aromatic N) is 3. The normalized spacial score (nSPS) is 26.4. The van der Waals surface area contributed by atoms with Crippen LogP contribution in [-0.2, 0) is 14.2 Å². The van der Waals surface area contributed by atoms with Gasteiger partial charge in [0.2, 0.25) is 0 Å². The number of carbonyl (C=O) groups excluding carboxylic acids is 1. The summed E-state index contributed by atoms with van der Waals surface area (Å²) >= 11 is 1.96. The standard InChI is InChI=1S/C24H37IN6O4/c1-15-19(30-22(32)35-23(2,3)4)24(14-34-15)8-10-31(11-9-24)16-13-27-18(20(25)26)21(28-16)29-17-7-5-6-12-33-17/h13,15,17,19,26H,5-12,14H2,1-4H3,(H,28,29)(H,30,32)/t15-,17?,19+/m0/s1. The van der Waals surface area contributed by atoms with Gasteiger partial charge < -0.3 is 29.7 Å². The van der Waals surface area contributed by atoms with Gasteiger partial charge in [-0.1, -0.05) is 0 Å². The molecule has 3 saturated heterocycles. The first-order valence-corrected chi connectivity index (χ1v) is 13.5. The van der Waals surface area contributed by atoms with Crippen LogP contribution in [0.25, 0.3) is 0 Å². The van der Waals surface area contributed by atoms with Gasteiger partial charge in [-0.2, -0.15) is 0 Å². The third-order valence-electron chi connectivity index (χ3n) is 6.96. The molecule has 1 aromatic heterocycles. The molecule has 10 nitrogen and oxygen atoms in total. The van der Waals surface area contributed by atoms with Crippen LogP contribution in [0.15, 0.2) is 6.20 Å². The Labute approximate surface area is 220 Å². The fourth-order valence-corrected chi connectivity index (χ4v) is 5.52. The van der Waals surface area contributed by atoms with E-state index in [0.717, 1.165) is 57.6 Å². The molecule has 3 atom stereocenters. The molecule has 0 saturated carbocycles. The fraction of sp³-hybridized carbons (Fsp3) is 0.750. The number of carbonyl (C=O) groups is 1. The first kappa shape index (κ1) is 26.3. The van der Waals surface area contributed by atoms with Gasteiger partial charge in [-0.3, -0.25) is 5.41 Å². The molecular formula is C24H37IN6O4. The summed E-state index contributed by atoms with van der Waals surface area (Å²) in [5.41, 5.74) is -0.144. The third-order valence-corrected chi connectivity index (χ3v) is 7.47. The van der Waals surface area contributed by atoms with Gasteiger partial charge in [0.1, 0.15) is 27.1 Å². The van der Waals surface area contributed by atoms with Gasteiger partial charge in [0, 0.05) is 25.1 Å². The lowest BCUT2D eigenvalue weighted by atomic mass is 9.73. The highest BCUT2D eigenvalue weighted by Gasteiger charge is 2.50. The number of piperidine rings is 1. The van der Waals surface area contributed by atoms with Crippen molar-refractivity contribution < 1.29 is 19.0 Å². The van der Waals surface area contributed by atoms with Gasteiger partial charge in [-0.15, -0.1) is 0 Å². The topological polar surface area (TPSA) is 122 Å². The molecule has 194 valence electrons. The summed E-state index contributed by atoms with van der Waals surface area (Å²) in [7, 11) is 0. The zero-order valence-electron chi connectivity index (χ0n) is 21.0. The summed E-state index contributed by atoms with van der Waals surface area (Å²) in [5.74, 6) is 1.37. The molecule has 3 fully saturated rings. The lowest BCUT2D eigenvalue weighted by Gasteiger charge is -2.43.